The highest BCUT2D eigenvalue weighted by Gasteiger charge is 2.36. The van der Waals surface area contributed by atoms with Gasteiger partial charge in [0.15, 0.2) is 15.0 Å². The normalized spacial score (nSPS) is 12.5. The summed E-state index contributed by atoms with van der Waals surface area (Å²) in [5.41, 5.74) is 2.07. The van der Waals surface area contributed by atoms with Crippen LogP contribution in [0, 0.1) is 0 Å². The topological polar surface area (TPSA) is 110 Å². The summed E-state index contributed by atoms with van der Waals surface area (Å²) < 4.78 is 32.9. The third kappa shape index (κ3) is 4.60. The number of pyridine rings is 2. The quantitative estimate of drug-likeness (QED) is 0.284. The van der Waals surface area contributed by atoms with E-state index in [0.717, 1.165) is 5.56 Å². The highest BCUT2D eigenvalue weighted by molar-refractivity contribution is 7.92. The van der Waals surface area contributed by atoms with Gasteiger partial charge in [0, 0.05) is 42.2 Å². The molecule has 0 radical (unpaired) electrons. The van der Waals surface area contributed by atoms with Crippen LogP contribution in [0.4, 0.5) is 5.13 Å². The van der Waals surface area contributed by atoms with E-state index >= 15 is 0 Å². The third-order valence-electron chi connectivity index (χ3n) is 5.45. The van der Waals surface area contributed by atoms with Crippen molar-refractivity contribution in [2.24, 2.45) is 0 Å². The first-order chi connectivity index (χ1) is 17.0. The Morgan fingerprint density at radius 1 is 1.11 bits per heavy atom. The molecular formula is C24H20ClN5O3S2. The molecule has 0 fully saturated rings. The Labute approximate surface area is 210 Å². The number of hydrogen-bond donors (Lipinski definition) is 2. The molecule has 8 nitrogen and oxygen atoms in total. The van der Waals surface area contributed by atoms with Gasteiger partial charge in [0.1, 0.15) is 16.1 Å². The number of methoxy groups -OCH3 is 1. The number of nitrogens with zero attached hydrogens (tertiary/aromatic N) is 3. The summed E-state index contributed by atoms with van der Waals surface area (Å²) in [4.78, 5) is 16.6. The van der Waals surface area contributed by atoms with Crippen LogP contribution in [-0.4, -0.2) is 35.5 Å². The lowest BCUT2D eigenvalue weighted by Gasteiger charge is -2.16. The first kappa shape index (κ1) is 23.3. The molecule has 1 unspecified atom stereocenters. The van der Waals surface area contributed by atoms with E-state index in [9.17, 15) is 8.42 Å². The van der Waals surface area contributed by atoms with Crippen LogP contribution in [0.25, 0.3) is 11.0 Å². The molecule has 11 heteroatoms. The van der Waals surface area contributed by atoms with Crippen LogP contribution in [0.1, 0.15) is 21.3 Å². The lowest BCUT2D eigenvalue weighted by Crippen LogP contribution is -2.14. The van der Waals surface area contributed by atoms with Crippen LogP contribution in [0.15, 0.2) is 78.1 Å². The van der Waals surface area contributed by atoms with Gasteiger partial charge in [-0.1, -0.05) is 47.2 Å². The lowest BCUT2D eigenvalue weighted by atomic mass is 10.1. The Morgan fingerprint density at radius 3 is 2.69 bits per heavy atom. The minimum absolute atomic E-state index is 0.133. The fraction of sp³-hybridized carbons (Fsp3) is 0.125. The molecule has 0 spiro atoms. The highest BCUT2D eigenvalue weighted by atomic mass is 35.5. The Bertz CT molecular complexity index is 1570. The van der Waals surface area contributed by atoms with Crippen molar-refractivity contribution >= 4 is 48.9 Å². The van der Waals surface area contributed by atoms with Crippen LogP contribution in [0.5, 0.6) is 5.88 Å². The van der Waals surface area contributed by atoms with Crippen LogP contribution >= 0.6 is 22.9 Å². The van der Waals surface area contributed by atoms with Crippen molar-refractivity contribution in [2.75, 3.05) is 12.4 Å². The number of rotatable bonds is 8. The van der Waals surface area contributed by atoms with E-state index in [1.165, 1.54) is 11.3 Å². The molecule has 2 N–H and O–H groups in total. The summed E-state index contributed by atoms with van der Waals surface area (Å²) in [6.07, 6.45) is 5.03. The molecule has 0 aliphatic rings. The molecular weight excluding hydrogens is 506 g/mol. The number of anilines is 1. The number of hydrogen-bond acceptors (Lipinski definition) is 8. The molecule has 1 aromatic carbocycles. The van der Waals surface area contributed by atoms with Crippen molar-refractivity contribution in [1.29, 1.82) is 0 Å². The highest BCUT2D eigenvalue weighted by Crippen LogP contribution is 2.44. The maximum atomic E-state index is 13.9. The second-order valence-electron chi connectivity index (χ2n) is 7.62. The van der Waals surface area contributed by atoms with Gasteiger partial charge in [-0.2, -0.15) is 0 Å². The zero-order valence-electron chi connectivity index (χ0n) is 18.5. The Morgan fingerprint density at radius 2 is 1.94 bits per heavy atom. The minimum atomic E-state index is -3.87. The standard InChI is InChI=1S/C24H20ClN5O3S2/c1-33-19-10-9-15(12-27-19)13-29-24-30-22(25)20(34-24)21(35(31,32)16-6-3-2-4-7-16)18-14-28-23-17(18)8-5-11-26-23/h2-12,14,21H,13H2,1H3,(H,26,28)(H,29,30). The maximum absolute atomic E-state index is 13.9. The molecule has 0 bridgehead atoms. The van der Waals surface area contributed by atoms with E-state index < -0.39 is 15.1 Å². The molecule has 5 aromatic rings. The summed E-state index contributed by atoms with van der Waals surface area (Å²) in [6.45, 7) is 0.438. The van der Waals surface area contributed by atoms with E-state index in [1.54, 1.807) is 68.2 Å². The summed E-state index contributed by atoms with van der Waals surface area (Å²) in [7, 11) is -2.31. The van der Waals surface area contributed by atoms with Crippen molar-refractivity contribution in [1.82, 2.24) is 19.9 Å². The lowest BCUT2D eigenvalue weighted by molar-refractivity contribution is 0.397. The molecule has 4 heterocycles. The van der Waals surface area contributed by atoms with Gasteiger partial charge >= 0.3 is 0 Å². The molecule has 0 saturated carbocycles. The number of aromatic nitrogens is 4. The van der Waals surface area contributed by atoms with E-state index in [-0.39, 0.29) is 10.0 Å². The minimum Gasteiger partial charge on any atom is -0.481 e. The molecule has 4 aromatic heterocycles. The molecule has 0 amide bonds. The molecule has 0 aliphatic carbocycles. The Kier molecular flexibility index (Phi) is 6.42. The van der Waals surface area contributed by atoms with E-state index in [2.05, 4.69) is 25.3 Å². The molecule has 0 aliphatic heterocycles. The number of thiazole rings is 1. The van der Waals surface area contributed by atoms with Gasteiger partial charge < -0.3 is 15.0 Å². The van der Waals surface area contributed by atoms with Gasteiger partial charge in [-0.05, 0) is 29.8 Å². The van der Waals surface area contributed by atoms with Crippen LogP contribution in [0.3, 0.4) is 0 Å². The van der Waals surface area contributed by atoms with Gasteiger partial charge in [-0.25, -0.2) is 23.4 Å². The van der Waals surface area contributed by atoms with Gasteiger partial charge in [0.2, 0.25) is 5.88 Å². The average molecular weight is 526 g/mol. The summed E-state index contributed by atoms with van der Waals surface area (Å²) in [6, 6.07) is 15.6. The molecule has 35 heavy (non-hydrogen) atoms. The van der Waals surface area contributed by atoms with E-state index in [1.807, 2.05) is 12.1 Å². The summed E-state index contributed by atoms with van der Waals surface area (Å²) in [5.74, 6) is 0.524. The Balaban J connectivity index is 1.55. The van der Waals surface area contributed by atoms with Crippen molar-refractivity contribution in [2.45, 2.75) is 16.7 Å². The van der Waals surface area contributed by atoms with Crippen LogP contribution in [-0.2, 0) is 16.4 Å². The number of H-pyrrole nitrogens is 1. The predicted molar refractivity (Wildman–Crippen MR) is 137 cm³/mol. The Hall–Kier alpha value is -3.47. The zero-order chi connectivity index (χ0) is 24.4. The first-order valence-electron chi connectivity index (χ1n) is 10.6. The molecule has 1 atom stereocenters. The monoisotopic (exact) mass is 525 g/mol. The largest absolute Gasteiger partial charge is 0.481 e. The molecule has 178 valence electrons. The summed E-state index contributed by atoms with van der Waals surface area (Å²) >= 11 is 7.77. The van der Waals surface area contributed by atoms with Gasteiger partial charge in [0.25, 0.3) is 0 Å². The smallest absolute Gasteiger partial charge is 0.212 e. The number of halogens is 1. The van der Waals surface area contributed by atoms with Crippen molar-refractivity contribution in [3.8, 4) is 5.88 Å². The van der Waals surface area contributed by atoms with Crippen molar-refractivity contribution in [3.05, 3.63) is 94.3 Å². The number of sulfone groups is 1. The number of fused-ring (bicyclic) bond motifs is 1. The second kappa shape index (κ2) is 9.65. The van der Waals surface area contributed by atoms with Crippen molar-refractivity contribution < 1.29 is 13.2 Å². The third-order valence-corrected chi connectivity index (χ3v) is 9.11. The average Bonchev–Trinajstić information content (AvgIpc) is 3.47. The molecule has 5 rings (SSSR count). The fourth-order valence-electron chi connectivity index (χ4n) is 3.75. The van der Waals surface area contributed by atoms with Crippen molar-refractivity contribution in [3.63, 3.8) is 0 Å². The van der Waals surface area contributed by atoms with E-state index in [0.29, 0.717) is 39.0 Å². The van der Waals surface area contributed by atoms with Crippen LogP contribution in [0.2, 0.25) is 5.15 Å². The predicted octanol–water partition coefficient (Wildman–Crippen LogP) is 5.25. The second-order valence-corrected chi connectivity index (χ2v) is 11.0. The summed E-state index contributed by atoms with van der Waals surface area (Å²) in [5, 5.41) is 3.50. The number of ether oxygens (including phenoxy) is 1. The number of nitrogens with one attached hydrogen (secondary N) is 2. The van der Waals surface area contributed by atoms with Gasteiger partial charge in [0.05, 0.1) is 16.9 Å². The zero-order valence-corrected chi connectivity index (χ0v) is 20.9. The first-order valence-corrected chi connectivity index (χ1v) is 13.3. The van der Waals surface area contributed by atoms with Gasteiger partial charge in [-0.15, -0.1) is 0 Å². The molecule has 0 saturated heterocycles. The fourth-order valence-corrected chi connectivity index (χ4v) is 7.29. The number of aromatic amines is 1. The maximum Gasteiger partial charge on any atom is 0.212 e. The van der Waals surface area contributed by atoms with Gasteiger partial charge in [-0.3, -0.25) is 0 Å². The number of benzene rings is 1. The van der Waals surface area contributed by atoms with E-state index in [4.69, 9.17) is 16.3 Å². The van der Waals surface area contributed by atoms with Crippen LogP contribution < -0.4 is 10.1 Å². The SMILES string of the molecule is COc1ccc(CNc2nc(Cl)c(C(c3c[nH]c4ncccc34)S(=O)(=O)c3ccccc3)s2)cn1.